The highest BCUT2D eigenvalue weighted by Gasteiger charge is 2.08. The zero-order valence-corrected chi connectivity index (χ0v) is 9.58. The molecule has 0 saturated carbocycles. The lowest BCUT2D eigenvalue weighted by Crippen LogP contribution is -2.19. The van der Waals surface area contributed by atoms with E-state index < -0.39 is 0 Å². The van der Waals surface area contributed by atoms with Crippen molar-refractivity contribution in [2.45, 2.75) is 13.0 Å². The standard InChI is InChI=1S/C8H13ClN4O2/c1-5(4-9)10-6-11-7(14-2)13-8(12-6)15-3/h5H,4H2,1-3H3,(H,10,11,12,13). The van der Waals surface area contributed by atoms with Crippen molar-refractivity contribution in [3.63, 3.8) is 0 Å². The molecule has 7 heteroatoms. The second-order valence-electron chi connectivity index (χ2n) is 2.83. The highest BCUT2D eigenvalue weighted by atomic mass is 35.5. The molecule has 6 nitrogen and oxygen atoms in total. The molecule has 0 amide bonds. The van der Waals surface area contributed by atoms with Crippen LogP contribution in [0.4, 0.5) is 5.95 Å². The zero-order chi connectivity index (χ0) is 11.3. The molecule has 0 aliphatic carbocycles. The van der Waals surface area contributed by atoms with E-state index in [2.05, 4.69) is 20.3 Å². The van der Waals surface area contributed by atoms with Gasteiger partial charge in [0.2, 0.25) is 5.95 Å². The number of hydrogen-bond donors (Lipinski definition) is 1. The summed E-state index contributed by atoms with van der Waals surface area (Å²) < 4.78 is 9.79. The Hall–Kier alpha value is -1.30. The van der Waals surface area contributed by atoms with Crippen LogP contribution < -0.4 is 14.8 Å². The SMILES string of the molecule is COc1nc(NC(C)CCl)nc(OC)n1. The Kier molecular flexibility index (Phi) is 4.36. The molecule has 0 radical (unpaired) electrons. The molecule has 1 N–H and O–H groups in total. The van der Waals surface area contributed by atoms with E-state index in [-0.39, 0.29) is 18.1 Å². The van der Waals surface area contributed by atoms with Crippen molar-refractivity contribution < 1.29 is 9.47 Å². The van der Waals surface area contributed by atoms with Crippen molar-refractivity contribution in [2.75, 3.05) is 25.4 Å². The molecular formula is C8H13ClN4O2. The van der Waals surface area contributed by atoms with Crippen LogP contribution in [0.15, 0.2) is 0 Å². The summed E-state index contributed by atoms with van der Waals surface area (Å²) in [6, 6.07) is 0.459. The van der Waals surface area contributed by atoms with Gasteiger partial charge in [0.25, 0.3) is 0 Å². The minimum Gasteiger partial charge on any atom is -0.467 e. The van der Waals surface area contributed by atoms with Crippen molar-refractivity contribution in [2.24, 2.45) is 0 Å². The van der Waals surface area contributed by atoms with Crippen LogP contribution in [-0.2, 0) is 0 Å². The normalized spacial score (nSPS) is 12.0. The first-order chi connectivity index (χ1) is 7.19. The van der Waals surface area contributed by atoms with Gasteiger partial charge in [-0.05, 0) is 6.92 Å². The van der Waals surface area contributed by atoms with Gasteiger partial charge in [0.1, 0.15) is 0 Å². The first-order valence-electron chi connectivity index (χ1n) is 4.36. The van der Waals surface area contributed by atoms with Crippen molar-refractivity contribution >= 4 is 17.5 Å². The molecule has 0 spiro atoms. The van der Waals surface area contributed by atoms with Crippen molar-refractivity contribution in [3.05, 3.63) is 0 Å². The maximum absolute atomic E-state index is 5.65. The molecule has 1 unspecified atom stereocenters. The quantitative estimate of drug-likeness (QED) is 0.762. The number of nitrogens with zero attached hydrogens (tertiary/aromatic N) is 3. The third-order valence-electron chi connectivity index (χ3n) is 1.57. The van der Waals surface area contributed by atoms with E-state index >= 15 is 0 Å². The van der Waals surface area contributed by atoms with Crippen LogP contribution in [0.2, 0.25) is 0 Å². The second kappa shape index (κ2) is 5.55. The number of ether oxygens (including phenoxy) is 2. The lowest BCUT2D eigenvalue weighted by Gasteiger charge is -2.11. The highest BCUT2D eigenvalue weighted by molar-refractivity contribution is 6.18. The molecule has 1 rings (SSSR count). The van der Waals surface area contributed by atoms with E-state index in [1.54, 1.807) is 0 Å². The summed E-state index contributed by atoms with van der Waals surface area (Å²) in [6.45, 7) is 1.91. The third-order valence-corrected chi connectivity index (χ3v) is 2.03. The summed E-state index contributed by atoms with van der Waals surface area (Å²) in [6.07, 6.45) is 0. The van der Waals surface area contributed by atoms with E-state index in [1.807, 2.05) is 6.92 Å². The van der Waals surface area contributed by atoms with Crippen LogP contribution in [-0.4, -0.2) is 41.1 Å². The number of rotatable bonds is 5. The number of anilines is 1. The molecule has 0 saturated heterocycles. The molecule has 1 aromatic heterocycles. The van der Waals surface area contributed by atoms with Crippen molar-refractivity contribution in [3.8, 4) is 12.0 Å². The fourth-order valence-corrected chi connectivity index (χ4v) is 0.921. The van der Waals surface area contributed by atoms with Crippen LogP contribution in [0.25, 0.3) is 0 Å². The van der Waals surface area contributed by atoms with Crippen LogP contribution in [0.5, 0.6) is 12.0 Å². The molecular weight excluding hydrogens is 220 g/mol. The van der Waals surface area contributed by atoms with Gasteiger partial charge in [-0.25, -0.2) is 0 Å². The van der Waals surface area contributed by atoms with Crippen LogP contribution >= 0.6 is 11.6 Å². The van der Waals surface area contributed by atoms with Crippen molar-refractivity contribution in [1.29, 1.82) is 0 Å². The molecule has 0 bridgehead atoms. The number of methoxy groups -OCH3 is 2. The van der Waals surface area contributed by atoms with Crippen LogP contribution in [0.3, 0.4) is 0 Å². The summed E-state index contributed by atoms with van der Waals surface area (Å²) in [4.78, 5) is 11.9. The average Bonchev–Trinajstić information content (AvgIpc) is 2.28. The van der Waals surface area contributed by atoms with E-state index in [1.165, 1.54) is 14.2 Å². The van der Waals surface area contributed by atoms with Gasteiger partial charge in [-0.2, -0.15) is 9.97 Å². The number of nitrogens with one attached hydrogen (secondary N) is 1. The van der Waals surface area contributed by atoms with Gasteiger partial charge in [-0.1, -0.05) is 0 Å². The summed E-state index contributed by atoms with van der Waals surface area (Å²) >= 11 is 5.65. The van der Waals surface area contributed by atoms with Gasteiger partial charge in [-0.15, -0.1) is 16.6 Å². The predicted octanol–water partition coefficient (Wildman–Crippen LogP) is 0.928. The molecule has 1 aromatic rings. The first-order valence-corrected chi connectivity index (χ1v) is 4.89. The maximum Gasteiger partial charge on any atom is 0.324 e. The van der Waals surface area contributed by atoms with Gasteiger partial charge in [0.15, 0.2) is 0 Å². The molecule has 84 valence electrons. The van der Waals surface area contributed by atoms with Gasteiger partial charge >= 0.3 is 12.0 Å². The van der Waals surface area contributed by atoms with Crippen LogP contribution in [0.1, 0.15) is 6.92 Å². The Morgan fingerprint density at radius 3 is 2.13 bits per heavy atom. The summed E-state index contributed by atoms with van der Waals surface area (Å²) in [5, 5.41) is 2.99. The molecule has 0 aromatic carbocycles. The predicted molar refractivity (Wildman–Crippen MR) is 56.7 cm³/mol. The molecule has 1 atom stereocenters. The summed E-state index contributed by atoms with van der Waals surface area (Å²) in [5.74, 6) is 0.836. The largest absolute Gasteiger partial charge is 0.467 e. The van der Waals surface area contributed by atoms with E-state index in [4.69, 9.17) is 21.1 Å². The zero-order valence-electron chi connectivity index (χ0n) is 8.82. The lowest BCUT2D eigenvalue weighted by atomic mass is 10.4. The molecule has 0 aliphatic rings. The van der Waals surface area contributed by atoms with Gasteiger partial charge in [0.05, 0.1) is 14.2 Å². The Morgan fingerprint density at radius 1 is 1.20 bits per heavy atom. The van der Waals surface area contributed by atoms with E-state index in [9.17, 15) is 0 Å². The minimum absolute atomic E-state index is 0.0588. The highest BCUT2D eigenvalue weighted by Crippen LogP contribution is 2.12. The van der Waals surface area contributed by atoms with Crippen molar-refractivity contribution in [1.82, 2.24) is 15.0 Å². The van der Waals surface area contributed by atoms with E-state index in [0.717, 1.165) is 0 Å². The number of hydrogen-bond acceptors (Lipinski definition) is 6. The maximum atomic E-state index is 5.65. The van der Waals surface area contributed by atoms with Gasteiger partial charge in [-0.3, -0.25) is 0 Å². The molecule has 1 heterocycles. The molecule has 0 aliphatic heterocycles. The topological polar surface area (TPSA) is 69.2 Å². The smallest absolute Gasteiger partial charge is 0.324 e. The Balaban J connectivity index is 2.86. The summed E-state index contributed by atoms with van der Waals surface area (Å²) in [7, 11) is 2.95. The van der Waals surface area contributed by atoms with E-state index in [0.29, 0.717) is 11.8 Å². The first kappa shape index (κ1) is 11.8. The second-order valence-corrected chi connectivity index (χ2v) is 3.14. The Labute approximate surface area is 93.0 Å². The monoisotopic (exact) mass is 232 g/mol. The minimum atomic E-state index is 0.0588. The van der Waals surface area contributed by atoms with Gasteiger partial charge < -0.3 is 14.8 Å². The fraction of sp³-hybridized carbons (Fsp3) is 0.625. The Bertz CT molecular complexity index is 301. The third kappa shape index (κ3) is 3.39. The molecule has 0 fully saturated rings. The average molecular weight is 233 g/mol. The van der Waals surface area contributed by atoms with Crippen LogP contribution in [0, 0.1) is 0 Å². The fourth-order valence-electron chi connectivity index (χ4n) is 0.844. The number of aromatic nitrogens is 3. The Morgan fingerprint density at radius 2 is 1.73 bits per heavy atom. The number of halogens is 1. The lowest BCUT2D eigenvalue weighted by molar-refractivity contribution is 0.341. The summed E-state index contributed by atoms with van der Waals surface area (Å²) in [5.41, 5.74) is 0. The molecule has 15 heavy (non-hydrogen) atoms. The number of alkyl halides is 1. The van der Waals surface area contributed by atoms with Gasteiger partial charge in [0, 0.05) is 11.9 Å².